The Morgan fingerprint density at radius 2 is 1.79 bits per heavy atom. The molecule has 3 aromatic rings. The SMILES string of the molecule is C=C1Nc2nc(nc3cnc(N4CCN(C(=O)OC(C)(C)C)C(C)(C)C4=O)c(C(F)(F)F)c23)OCCOc2ccccc21. The number of benzene rings is 1. The average Bonchev–Trinajstić information content (AvgIpc) is 2.92. The van der Waals surface area contributed by atoms with Crippen molar-refractivity contribution in [2.45, 2.75) is 51.9 Å². The van der Waals surface area contributed by atoms with Crippen LogP contribution in [-0.4, -0.2) is 69.3 Å². The van der Waals surface area contributed by atoms with E-state index in [1.54, 1.807) is 45.0 Å². The molecule has 11 nitrogen and oxygen atoms in total. The minimum Gasteiger partial charge on any atom is -0.489 e. The summed E-state index contributed by atoms with van der Waals surface area (Å²) in [5.41, 5.74) is -3.03. The van der Waals surface area contributed by atoms with E-state index in [-0.39, 0.29) is 49.3 Å². The molecule has 5 rings (SSSR count). The quantitative estimate of drug-likeness (QED) is 0.399. The second-order valence-electron chi connectivity index (χ2n) is 11.5. The second-order valence-corrected chi connectivity index (χ2v) is 11.5. The number of nitrogens with one attached hydrogen (secondary N) is 1. The maximum absolute atomic E-state index is 15.0. The Hall–Kier alpha value is -4.62. The number of anilines is 2. The first-order valence-electron chi connectivity index (χ1n) is 13.5. The Morgan fingerprint density at radius 1 is 1.09 bits per heavy atom. The molecule has 43 heavy (non-hydrogen) atoms. The minimum atomic E-state index is -4.99. The lowest BCUT2D eigenvalue weighted by atomic mass is 9.97. The van der Waals surface area contributed by atoms with Crippen molar-refractivity contribution in [3.05, 3.63) is 48.2 Å². The van der Waals surface area contributed by atoms with Gasteiger partial charge in [0, 0.05) is 24.4 Å². The highest BCUT2D eigenvalue weighted by Crippen LogP contribution is 2.44. The van der Waals surface area contributed by atoms with Crippen molar-refractivity contribution in [1.82, 2.24) is 19.9 Å². The van der Waals surface area contributed by atoms with Gasteiger partial charge in [0.2, 0.25) is 0 Å². The predicted octanol–water partition coefficient (Wildman–Crippen LogP) is 5.26. The molecule has 2 amide bonds. The van der Waals surface area contributed by atoms with Crippen LogP contribution in [0.5, 0.6) is 11.8 Å². The molecule has 2 aliphatic rings. The van der Waals surface area contributed by atoms with Crippen molar-refractivity contribution in [2.75, 3.05) is 36.5 Å². The van der Waals surface area contributed by atoms with E-state index in [0.29, 0.717) is 11.3 Å². The number of aromatic nitrogens is 3. The largest absolute Gasteiger partial charge is 0.489 e. The third-order valence-corrected chi connectivity index (χ3v) is 6.90. The van der Waals surface area contributed by atoms with Gasteiger partial charge >= 0.3 is 18.3 Å². The van der Waals surface area contributed by atoms with Crippen LogP contribution in [-0.2, 0) is 15.7 Å². The third kappa shape index (κ3) is 5.73. The number of ether oxygens (including phenoxy) is 3. The predicted molar refractivity (Wildman–Crippen MR) is 152 cm³/mol. The molecule has 0 unspecified atom stereocenters. The fraction of sp³-hybridized carbons (Fsp3) is 0.414. The van der Waals surface area contributed by atoms with Crippen molar-refractivity contribution < 1.29 is 37.0 Å². The second kappa shape index (κ2) is 10.6. The average molecular weight is 601 g/mol. The van der Waals surface area contributed by atoms with E-state index < -0.39 is 46.1 Å². The number of rotatable bonds is 1. The number of pyridine rings is 1. The van der Waals surface area contributed by atoms with Crippen molar-refractivity contribution in [2.24, 2.45) is 0 Å². The molecule has 0 aliphatic carbocycles. The first-order chi connectivity index (χ1) is 20.1. The van der Waals surface area contributed by atoms with Gasteiger partial charge < -0.3 is 19.5 Å². The summed E-state index contributed by atoms with van der Waals surface area (Å²) in [5.74, 6) is -1.19. The normalized spacial score (nSPS) is 17.3. The highest BCUT2D eigenvalue weighted by Gasteiger charge is 2.49. The van der Waals surface area contributed by atoms with Crippen molar-refractivity contribution >= 4 is 40.2 Å². The smallest absolute Gasteiger partial charge is 0.420 e. The molecule has 0 radical (unpaired) electrons. The minimum absolute atomic E-state index is 0.0227. The summed E-state index contributed by atoms with van der Waals surface area (Å²) in [6.45, 7) is 11.7. The molecule has 1 aromatic carbocycles. The number of nitrogens with zero attached hydrogens (tertiary/aromatic N) is 5. The molecular formula is C29H31F3N6O5. The van der Waals surface area contributed by atoms with Crippen LogP contribution < -0.4 is 19.7 Å². The lowest BCUT2D eigenvalue weighted by Crippen LogP contribution is -2.65. The number of hydrogen-bond donors (Lipinski definition) is 1. The number of carbonyl (C=O) groups excluding carboxylic acids is 2. The Labute approximate surface area is 245 Å². The van der Waals surface area contributed by atoms with Crippen LogP contribution in [0.3, 0.4) is 0 Å². The molecular weight excluding hydrogens is 569 g/mol. The first kappa shape index (κ1) is 29.9. The Bertz CT molecular complexity index is 1620. The van der Waals surface area contributed by atoms with Gasteiger partial charge in [-0.15, -0.1) is 0 Å². The van der Waals surface area contributed by atoms with E-state index >= 15 is 0 Å². The monoisotopic (exact) mass is 600 g/mol. The molecule has 1 N–H and O–H groups in total. The van der Waals surface area contributed by atoms with Gasteiger partial charge in [0.05, 0.1) is 17.1 Å². The Morgan fingerprint density at radius 3 is 2.49 bits per heavy atom. The zero-order valence-corrected chi connectivity index (χ0v) is 24.3. The topological polar surface area (TPSA) is 119 Å². The lowest BCUT2D eigenvalue weighted by molar-refractivity contribution is -0.137. The molecule has 1 fully saturated rings. The molecule has 2 bridgehead atoms. The van der Waals surface area contributed by atoms with Crippen LogP contribution in [0.25, 0.3) is 16.6 Å². The van der Waals surface area contributed by atoms with E-state index in [0.717, 1.165) is 11.1 Å². The third-order valence-electron chi connectivity index (χ3n) is 6.90. The zero-order valence-electron chi connectivity index (χ0n) is 24.3. The van der Waals surface area contributed by atoms with Crippen LogP contribution in [0.15, 0.2) is 37.0 Å². The summed E-state index contributed by atoms with van der Waals surface area (Å²) in [7, 11) is 0. The fourth-order valence-corrected chi connectivity index (χ4v) is 4.93. The molecule has 4 heterocycles. The maximum atomic E-state index is 15.0. The number of alkyl halides is 3. The summed E-state index contributed by atoms with van der Waals surface area (Å²) in [6.07, 6.45) is -4.61. The molecule has 1 saturated heterocycles. The van der Waals surface area contributed by atoms with E-state index in [9.17, 15) is 22.8 Å². The highest BCUT2D eigenvalue weighted by molar-refractivity contribution is 6.05. The van der Waals surface area contributed by atoms with Gasteiger partial charge in [-0.1, -0.05) is 18.7 Å². The van der Waals surface area contributed by atoms with Gasteiger partial charge in [0.15, 0.2) is 0 Å². The summed E-state index contributed by atoms with van der Waals surface area (Å²) in [5, 5.41) is 2.46. The van der Waals surface area contributed by atoms with Crippen molar-refractivity contribution in [1.29, 1.82) is 0 Å². The van der Waals surface area contributed by atoms with Gasteiger partial charge in [-0.3, -0.25) is 14.6 Å². The van der Waals surface area contributed by atoms with E-state index in [1.165, 1.54) is 18.7 Å². The number of para-hydroxylation sites is 1. The number of amides is 2. The highest BCUT2D eigenvalue weighted by atomic mass is 19.4. The van der Waals surface area contributed by atoms with Crippen LogP contribution in [0.2, 0.25) is 0 Å². The van der Waals surface area contributed by atoms with Gasteiger partial charge in [-0.05, 0) is 46.8 Å². The van der Waals surface area contributed by atoms with Gasteiger partial charge in [-0.2, -0.15) is 23.1 Å². The summed E-state index contributed by atoms with van der Waals surface area (Å²) < 4.78 is 61.8. The van der Waals surface area contributed by atoms with Gasteiger partial charge in [-0.25, -0.2) is 9.78 Å². The molecule has 0 saturated carbocycles. The molecule has 2 aromatic heterocycles. The molecule has 2 aliphatic heterocycles. The lowest BCUT2D eigenvalue weighted by Gasteiger charge is -2.45. The molecule has 228 valence electrons. The number of piperazine rings is 1. The number of hydrogen-bond acceptors (Lipinski definition) is 9. The van der Waals surface area contributed by atoms with E-state index in [4.69, 9.17) is 14.2 Å². The maximum Gasteiger partial charge on any atom is 0.420 e. The Balaban J connectivity index is 1.64. The number of fused-ring (bicyclic) bond motifs is 5. The first-order valence-corrected chi connectivity index (χ1v) is 13.5. The van der Waals surface area contributed by atoms with E-state index in [2.05, 4.69) is 26.8 Å². The Kier molecular flexibility index (Phi) is 7.35. The zero-order chi connectivity index (χ0) is 31.3. The van der Waals surface area contributed by atoms with Gasteiger partial charge in [0.25, 0.3) is 5.91 Å². The van der Waals surface area contributed by atoms with Crippen molar-refractivity contribution in [3.63, 3.8) is 0 Å². The van der Waals surface area contributed by atoms with Crippen LogP contribution >= 0.6 is 0 Å². The van der Waals surface area contributed by atoms with Crippen LogP contribution in [0, 0.1) is 0 Å². The summed E-state index contributed by atoms with van der Waals surface area (Å²) in [6, 6.07) is 6.71. The molecule has 0 spiro atoms. The summed E-state index contributed by atoms with van der Waals surface area (Å²) >= 11 is 0. The van der Waals surface area contributed by atoms with Crippen LogP contribution in [0.4, 0.5) is 29.6 Å². The van der Waals surface area contributed by atoms with Crippen LogP contribution in [0.1, 0.15) is 45.7 Å². The van der Waals surface area contributed by atoms with Gasteiger partial charge in [0.1, 0.15) is 47.3 Å². The van der Waals surface area contributed by atoms with E-state index in [1.807, 2.05) is 0 Å². The molecule has 14 heteroatoms. The fourth-order valence-electron chi connectivity index (χ4n) is 4.93. The number of carbonyl (C=O) groups is 2. The van der Waals surface area contributed by atoms with Crippen molar-refractivity contribution in [3.8, 4) is 11.8 Å². The summed E-state index contributed by atoms with van der Waals surface area (Å²) in [4.78, 5) is 41.3. The number of halogens is 3. The standard InChI is InChI=1S/C29H31F3N6O5/c1-16-17-9-7-8-10-19(17)41-13-14-42-25-35-18-15-33-23(21(29(30,31)32)20(18)22(34-16)36-25)37-11-12-38(28(5,6)24(37)39)26(40)43-27(2,3)4/h7-10,15H,1,11-14H2,2-6H3,(H,34,35,36). The molecule has 0 atom stereocenters.